The first-order valence-corrected chi connectivity index (χ1v) is 8.65. The van der Waals surface area contributed by atoms with E-state index in [9.17, 15) is 8.42 Å². The number of hydrogen-bond acceptors (Lipinski definition) is 2. The molecule has 0 unspecified atom stereocenters. The van der Waals surface area contributed by atoms with Crippen LogP contribution in [0.3, 0.4) is 0 Å². The van der Waals surface area contributed by atoms with Crippen LogP contribution in [-0.4, -0.2) is 37.7 Å². The van der Waals surface area contributed by atoms with Crippen molar-refractivity contribution in [3.8, 4) is 0 Å². The summed E-state index contributed by atoms with van der Waals surface area (Å²) in [5, 5.41) is 0. The third kappa shape index (κ3) is 4.40. The van der Waals surface area contributed by atoms with Crippen molar-refractivity contribution in [3.05, 3.63) is 71.8 Å². The van der Waals surface area contributed by atoms with Crippen LogP contribution in [0.25, 0.3) is 0 Å². The van der Waals surface area contributed by atoms with E-state index in [1.165, 1.54) is 8.61 Å². The van der Waals surface area contributed by atoms with Gasteiger partial charge >= 0.3 is 0 Å². The Bertz CT molecular complexity index is 670. The van der Waals surface area contributed by atoms with E-state index in [1.807, 2.05) is 60.7 Å². The van der Waals surface area contributed by atoms with Gasteiger partial charge in [0.05, 0.1) is 0 Å². The van der Waals surface area contributed by atoms with Crippen LogP contribution in [0, 0.1) is 0 Å². The molecule has 0 spiro atoms. The molecule has 0 fully saturated rings. The Morgan fingerprint density at radius 1 is 0.818 bits per heavy atom. The van der Waals surface area contributed by atoms with Crippen LogP contribution in [0.5, 0.6) is 0 Å². The molecule has 0 aliphatic carbocycles. The van der Waals surface area contributed by atoms with Crippen LogP contribution in [0.1, 0.15) is 11.1 Å². The summed E-state index contributed by atoms with van der Waals surface area (Å²) < 4.78 is 27.8. The van der Waals surface area contributed by atoms with Gasteiger partial charge < -0.3 is 0 Å². The maximum atomic E-state index is 12.5. The normalized spacial score (nSPS) is 12.0. The molecule has 118 valence electrons. The van der Waals surface area contributed by atoms with Gasteiger partial charge in [0.15, 0.2) is 0 Å². The van der Waals surface area contributed by atoms with Gasteiger partial charge in [0.2, 0.25) is 0 Å². The van der Waals surface area contributed by atoms with Crippen LogP contribution in [0.2, 0.25) is 0 Å². The number of nitrogens with zero attached hydrogens (tertiary/aromatic N) is 2. The van der Waals surface area contributed by atoms with Gasteiger partial charge in [0, 0.05) is 27.2 Å². The van der Waals surface area contributed by atoms with Gasteiger partial charge in [-0.05, 0) is 17.5 Å². The number of hydrogen-bond donors (Lipinski definition) is 0. The second kappa shape index (κ2) is 7.54. The quantitative estimate of drug-likeness (QED) is 0.787. The zero-order valence-electron chi connectivity index (χ0n) is 13.0. The molecular formula is C17H22N2O2S. The molecule has 0 atom stereocenters. The van der Waals surface area contributed by atoms with E-state index < -0.39 is 10.2 Å². The van der Waals surface area contributed by atoms with E-state index in [4.69, 9.17) is 0 Å². The van der Waals surface area contributed by atoms with Crippen molar-refractivity contribution < 1.29 is 8.42 Å². The van der Waals surface area contributed by atoms with E-state index >= 15 is 0 Å². The summed E-state index contributed by atoms with van der Waals surface area (Å²) in [6.07, 6.45) is 0.695. The van der Waals surface area contributed by atoms with Gasteiger partial charge in [-0.1, -0.05) is 60.7 Å². The minimum Gasteiger partial charge on any atom is -0.195 e. The maximum absolute atomic E-state index is 12.5. The molecule has 0 saturated heterocycles. The van der Waals surface area contributed by atoms with Gasteiger partial charge in [0.25, 0.3) is 10.2 Å². The summed E-state index contributed by atoms with van der Waals surface area (Å²) in [6.45, 7) is 0.841. The van der Waals surface area contributed by atoms with Crippen LogP contribution >= 0.6 is 0 Å². The summed E-state index contributed by atoms with van der Waals surface area (Å²) in [5.74, 6) is 0. The van der Waals surface area contributed by atoms with Crippen LogP contribution in [-0.2, 0) is 23.2 Å². The van der Waals surface area contributed by atoms with Crippen LogP contribution < -0.4 is 0 Å². The minimum absolute atomic E-state index is 0.383. The predicted molar refractivity (Wildman–Crippen MR) is 89.6 cm³/mol. The standard InChI is InChI=1S/C17H22N2O2S/c1-18(2)22(20,21)19(15-17-11-7-4-8-12-17)14-13-16-9-5-3-6-10-16/h3-12H,13-15H2,1-2H3. The van der Waals surface area contributed by atoms with Crippen molar-refractivity contribution in [3.63, 3.8) is 0 Å². The molecule has 0 N–H and O–H groups in total. The number of rotatable bonds is 7. The fraction of sp³-hybridized carbons (Fsp3) is 0.294. The van der Waals surface area contributed by atoms with E-state index in [2.05, 4.69) is 0 Å². The Morgan fingerprint density at radius 2 is 1.32 bits per heavy atom. The maximum Gasteiger partial charge on any atom is 0.281 e. The smallest absolute Gasteiger partial charge is 0.195 e. The summed E-state index contributed by atoms with van der Waals surface area (Å²) in [7, 11) is -0.310. The molecule has 0 aliphatic rings. The molecular weight excluding hydrogens is 296 g/mol. The fourth-order valence-electron chi connectivity index (χ4n) is 2.19. The van der Waals surface area contributed by atoms with E-state index in [-0.39, 0.29) is 0 Å². The first-order chi connectivity index (χ1) is 10.5. The Balaban J connectivity index is 2.15. The third-order valence-corrected chi connectivity index (χ3v) is 5.37. The second-order valence-electron chi connectivity index (χ2n) is 5.34. The summed E-state index contributed by atoms with van der Waals surface area (Å²) in [4.78, 5) is 0. The Hall–Kier alpha value is -1.69. The molecule has 4 nitrogen and oxygen atoms in total. The molecule has 5 heteroatoms. The average molecular weight is 318 g/mol. The number of benzene rings is 2. The highest BCUT2D eigenvalue weighted by Gasteiger charge is 2.24. The van der Waals surface area contributed by atoms with Gasteiger partial charge in [0.1, 0.15) is 0 Å². The largest absolute Gasteiger partial charge is 0.281 e. The monoisotopic (exact) mass is 318 g/mol. The molecule has 2 aromatic carbocycles. The lowest BCUT2D eigenvalue weighted by molar-refractivity contribution is 0.372. The molecule has 0 radical (unpaired) electrons. The first kappa shape index (κ1) is 16.7. The van der Waals surface area contributed by atoms with E-state index in [1.54, 1.807) is 14.1 Å². The van der Waals surface area contributed by atoms with Gasteiger partial charge in [-0.25, -0.2) is 0 Å². The van der Waals surface area contributed by atoms with Gasteiger partial charge in [-0.3, -0.25) is 0 Å². The summed E-state index contributed by atoms with van der Waals surface area (Å²) in [5.41, 5.74) is 2.12. The second-order valence-corrected chi connectivity index (χ2v) is 7.49. The highest BCUT2D eigenvalue weighted by atomic mass is 32.2. The zero-order valence-corrected chi connectivity index (χ0v) is 13.8. The van der Waals surface area contributed by atoms with Gasteiger partial charge in [-0.2, -0.15) is 17.0 Å². The predicted octanol–water partition coefficient (Wildman–Crippen LogP) is 2.54. The van der Waals surface area contributed by atoms with Gasteiger partial charge in [-0.15, -0.1) is 0 Å². The molecule has 0 heterocycles. The molecule has 0 saturated carbocycles. The molecule has 2 rings (SSSR count). The summed E-state index contributed by atoms with van der Waals surface area (Å²) in [6, 6.07) is 19.6. The van der Waals surface area contributed by atoms with Crippen molar-refractivity contribution in [2.45, 2.75) is 13.0 Å². The van der Waals surface area contributed by atoms with Crippen LogP contribution in [0.15, 0.2) is 60.7 Å². The third-order valence-electron chi connectivity index (χ3n) is 3.48. The van der Waals surface area contributed by atoms with Crippen molar-refractivity contribution in [2.24, 2.45) is 0 Å². The van der Waals surface area contributed by atoms with E-state index in [0.717, 1.165) is 11.1 Å². The van der Waals surface area contributed by atoms with E-state index in [0.29, 0.717) is 19.5 Å². The molecule has 0 aromatic heterocycles. The van der Waals surface area contributed by atoms with Crippen LogP contribution in [0.4, 0.5) is 0 Å². The highest BCUT2D eigenvalue weighted by molar-refractivity contribution is 7.86. The Kier molecular flexibility index (Phi) is 5.71. The van der Waals surface area contributed by atoms with Crippen molar-refractivity contribution >= 4 is 10.2 Å². The van der Waals surface area contributed by atoms with Crippen molar-refractivity contribution in [1.82, 2.24) is 8.61 Å². The SMILES string of the molecule is CN(C)S(=O)(=O)N(CCc1ccccc1)Cc1ccccc1. The Labute approximate surface area is 133 Å². The molecule has 2 aromatic rings. The summed E-state index contributed by atoms with van der Waals surface area (Å²) >= 11 is 0. The molecule has 22 heavy (non-hydrogen) atoms. The first-order valence-electron chi connectivity index (χ1n) is 7.25. The zero-order chi connectivity index (χ0) is 16.0. The lowest BCUT2D eigenvalue weighted by atomic mass is 10.1. The van der Waals surface area contributed by atoms with Crippen molar-refractivity contribution in [1.29, 1.82) is 0 Å². The minimum atomic E-state index is -3.44. The lowest BCUT2D eigenvalue weighted by Crippen LogP contribution is -2.40. The highest BCUT2D eigenvalue weighted by Crippen LogP contribution is 2.13. The lowest BCUT2D eigenvalue weighted by Gasteiger charge is -2.25. The molecule has 0 bridgehead atoms. The average Bonchev–Trinajstić information content (AvgIpc) is 2.53. The van der Waals surface area contributed by atoms with Crippen molar-refractivity contribution in [2.75, 3.05) is 20.6 Å². The Morgan fingerprint density at radius 3 is 1.82 bits per heavy atom. The topological polar surface area (TPSA) is 40.6 Å². The molecule has 0 amide bonds. The molecule has 0 aliphatic heterocycles. The fourth-order valence-corrected chi connectivity index (χ4v) is 3.29.